The summed E-state index contributed by atoms with van der Waals surface area (Å²) in [4.78, 5) is 13.8. The van der Waals surface area contributed by atoms with Gasteiger partial charge in [-0.2, -0.15) is 0 Å². The number of fused-ring (bicyclic) bond motifs is 2. The Hall–Kier alpha value is -2.23. The van der Waals surface area contributed by atoms with Crippen molar-refractivity contribution >= 4 is 11.5 Å². The van der Waals surface area contributed by atoms with E-state index >= 15 is 0 Å². The van der Waals surface area contributed by atoms with Crippen molar-refractivity contribution in [2.75, 3.05) is 5.32 Å². The lowest BCUT2D eigenvalue weighted by Gasteiger charge is -2.20. The molecule has 0 atom stereocenters. The van der Waals surface area contributed by atoms with Crippen molar-refractivity contribution in [2.45, 2.75) is 0 Å². The molecule has 0 bridgehead atoms. The van der Waals surface area contributed by atoms with Gasteiger partial charge in [-0.1, -0.05) is 12.1 Å². The molecule has 0 aliphatic carbocycles. The van der Waals surface area contributed by atoms with Crippen LogP contribution < -0.4 is 15.6 Å². The minimum atomic E-state index is -0.149. The van der Waals surface area contributed by atoms with Gasteiger partial charge in [-0.15, -0.1) is 0 Å². The van der Waals surface area contributed by atoms with Gasteiger partial charge in [-0.3, -0.25) is 4.79 Å². The predicted octanol–water partition coefficient (Wildman–Crippen LogP) is 2.22. The van der Waals surface area contributed by atoms with Gasteiger partial charge in [0.1, 0.15) is 0 Å². The van der Waals surface area contributed by atoms with Gasteiger partial charge in [0.2, 0.25) is 5.56 Å². The van der Waals surface area contributed by atoms with Crippen LogP contribution in [-0.4, -0.2) is 4.98 Å². The summed E-state index contributed by atoms with van der Waals surface area (Å²) in [6.45, 7) is 0. The second-order valence-corrected chi connectivity index (χ2v) is 3.29. The van der Waals surface area contributed by atoms with Crippen LogP contribution in [0.3, 0.4) is 0 Å². The van der Waals surface area contributed by atoms with E-state index in [0.717, 1.165) is 11.4 Å². The quantitative estimate of drug-likeness (QED) is 0.585. The number of ether oxygens (including phenoxy) is 1. The maximum atomic E-state index is 11.1. The SMILES string of the molecule is O=c1ccc2c([nH]1)Nc1ccccc1O2. The van der Waals surface area contributed by atoms with Crippen LogP contribution in [-0.2, 0) is 0 Å². The van der Waals surface area contributed by atoms with E-state index in [0.29, 0.717) is 11.6 Å². The molecule has 1 aromatic carbocycles. The summed E-state index contributed by atoms with van der Waals surface area (Å²) in [6, 6.07) is 10.7. The molecule has 0 fully saturated rings. The number of hydrogen-bond acceptors (Lipinski definition) is 3. The van der Waals surface area contributed by atoms with Gasteiger partial charge in [0.25, 0.3) is 0 Å². The summed E-state index contributed by atoms with van der Waals surface area (Å²) < 4.78 is 5.60. The molecule has 2 heterocycles. The molecular weight excluding hydrogens is 192 g/mol. The standard InChI is InChI=1S/C11H8N2O2/c14-10-6-5-9-11(13-10)12-7-3-1-2-4-8(7)15-9/h1-6H,(H2,12,13,14). The molecule has 1 aromatic heterocycles. The van der Waals surface area contributed by atoms with E-state index < -0.39 is 0 Å². The molecule has 0 spiro atoms. The number of anilines is 2. The van der Waals surface area contributed by atoms with Crippen molar-refractivity contribution in [3.8, 4) is 11.5 Å². The first-order valence-corrected chi connectivity index (χ1v) is 4.60. The number of benzene rings is 1. The Morgan fingerprint density at radius 3 is 2.80 bits per heavy atom. The summed E-state index contributed by atoms with van der Waals surface area (Å²) >= 11 is 0. The number of pyridine rings is 1. The summed E-state index contributed by atoms with van der Waals surface area (Å²) in [5.41, 5.74) is 0.705. The lowest BCUT2D eigenvalue weighted by atomic mass is 10.2. The molecule has 0 radical (unpaired) electrons. The molecular formula is C11H8N2O2. The largest absolute Gasteiger partial charge is 0.451 e. The van der Waals surface area contributed by atoms with Gasteiger partial charge >= 0.3 is 0 Å². The van der Waals surface area contributed by atoms with Crippen LogP contribution in [0.1, 0.15) is 0 Å². The van der Waals surface area contributed by atoms with E-state index in [-0.39, 0.29) is 5.56 Å². The number of aromatic nitrogens is 1. The number of H-pyrrole nitrogens is 1. The fourth-order valence-corrected chi connectivity index (χ4v) is 1.55. The normalized spacial score (nSPS) is 12.0. The monoisotopic (exact) mass is 200 g/mol. The first-order chi connectivity index (χ1) is 7.33. The van der Waals surface area contributed by atoms with Crippen LogP contribution in [0.25, 0.3) is 0 Å². The molecule has 0 unspecified atom stereocenters. The van der Waals surface area contributed by atoms with Gasteiger partial charge in [0.05, 0.1) is 5.69 Å². The Morgan fingerprint density at radius 2 is 1.87 bits per heavy atom. The molecule has 3 rings (SSSR count). The zero-order valence-electron chi connectivity index (χ0n) is 7.78. The number of para-hydroxylation sites is 2. The van der Waals surface area contributed by atoms with Gasteiger partial charge in [-0.25, -0.2) is 0 Å². The second kappa shape index (κ2) is 2.88. The third-order valence-electron chi connectivity index (χ3n) is 2.25. The first kappa shape index (κ1) is 8.11. The highest BCUT2D eigenvalue weighted by atomic mass is 16.5. The fraction of sp³-hybridized carbons (Fsp3) is 0. The Labute approximate surface area is 85.5 Å². The molecule has 1 aliphatic rings. The second-order valence-electron chi connectivity index (χ2n) is 3.29. The van der Waals surface area contributed by atoms with E-state index in [1.54, 1.807) is 6.07 Å². The van der Waals surface area contributed by atoms with E-state index in [1.807, 2.05) is 24.3 Å². The summed E-state index contributed by atoms with van der Waals surface area (Å²) in [7, 11) is 0. The molecule has 2 aromatic rings. The third kappa shape index (κ3) is 1.27. The third-order valence-corrected chi connectivity index (χ3v) is 2.25. The fourth-order valence-electron chi connectivity index (χ4n) is 1.55. The van der Waals surface area contributed by atoms with Gasteiger partial charge in [-0.05, 0) is 18.2 Å². The smallest absolute Gasteiger partial charge is 0.249 e. The Bertz CT molecular complexity index is 575. The average Bonchev–Trinajstić information content (AvgIpc) is 2.26. The number of hydrogen-bond donors (Lipinski definition) is 2. The molecule has 4 heteroatoms. The van der Waals surface area contributed by atoms with E-state index in [9.17, 15) is 4.79 Å². The van der Waals surface area contributed by atoms with Gasteiger partial charge < -0.3 is 15.0 Å². The van der Waals surface area contributed by atoms with Crippen molar-refractivity contribution in [1.82, 2.24) is 4.98 Å². The first-order valence-electron chi connectivity index (χ1n) is 4.60. The minimum Gasteiger partial charge on any atom is -0.451 e. The minimum absolute atomic E-state index is 0.149. The highest BCUT2D eigenvalue weighted by Crippen LogP contribution is 2.39. The van der Waals surface area contributed by atoms with Gasteiger partial charge in [0, 0.05) is 6.07 Å². The summed E-state index contributed by atoms with van der Waals surface area (Å²) in [6.07, 6.45) is 0. The van der Waals surface area contributed by atoms with Crippen molar-refractivity contribution in [1.29, 1.82) is 0 Å². The molecule has 74 valence electrons. The average molecular weight is 200 g/mol. The van der Waals surface area contributed by atoms with E-state index in [2.05, 4.69) is 10.3 Å². The summed E-state index contributed by atoms with van der Waals surface area (Å²) in [5.74, 6) is 1.99. The van der Waals surface area contributed by atoms with Crippen molar-refractivity contribution in [3.63, 3.8) is 0 Å². The molecule has 4 nitrogen and oxygen atoms in total. The van der Waals surface area contributed by atoms with Crippen LogP contribution in [0.5, 0.6) is 11.5 Å². The molecule has 15 heavy (non-hydrogen) atoms. The number of aromatic amines is 1. The maximum Gasteiger partial charge on any atom is 0.249 e. The van der Waals surface area contributed by atoms with Crippen LogP contribution in [0.4, 0.5) is 11.5 Å². The highest BCUT2D eigenvalue weighted by Gasteiger charge is 2.15. The maximum absolute atomic E-state index is 11.1. The molecule has 2 N–H and O–H groups in total. The van der Waals surface area contributed by atoms with Crippen LogP contribution >= 0.6 is 0 Å². The predicted molar refractivity (Wildman–Crippen MR) is 56.9 cm³/mol. The highest BCUT2D eigenvalue weighted by molar-refractivity contribution is 5.72. The van der Waals surface area contributed by atoms with E-state index in [4.69, 9.17) is 4.74 Å². The van der Waals surface area contributed by atoms with Crippen LogP contribution in [0.15, 0.2) is 41.2 Å². The zero-order valence-corrected chi connectivity index (χ0v) is 7.78. The zero-order chi connectivity index (χ0) is 10.3. The Kier molecular flexibility index (Phi) is 1.56. The Morgan fingerprint density at radius 1 is 1.00 bits per heavy atom. The topological polar surface area (TPSA) is 54.1 Å². The van der Waals surface area contributed by atoms with Crippen LogP contribution in [0, 0.1) is 0 Å². The lowest BCUT2D eigenvalue weighted by Crippen LogP contribution is -2.11. The number of nitrogens with one attached hydrogen (secondary N) is 2. The van der Waals surface area contributed by atoms with Crippen molar-refractivity contribution in [3.05, 3.63) is 46.8 Å². The molecule has 1 aliphatic heterocycles. The van der Waals surface area contributed by atoms with Crippen molar-refractivity contribution in [2.24, 2.45) is 0 Å². The summed E-state index contributed by atoms with van der Waals surface area (Å²) in [5, 5.41) is 3.10. The molecule has 0 saturated carbocycles. The van der Waals surface area contributed by atoms with Gasteiger partial charge in [0.15, 0.2) is 17.3 Å². The van der Waals surface area contributed by atoms with E-state index in [1.165, 1.54) is 6.07 Å². The van der Waals surface area contributed by atoms with Crippen LogP contribution in [0.2, 0.25) is 0 Å². The molecule has 0 amide bonds. The Balaban J connectivity index is 2.15. The molecule has 0 saturated heterocycles. The van der Waals surface area contributed by atoms with Crippen molar-refractivity contribution < 1.29 is 4.74 Å². The number of rotatable bonds is 0. The lowest BCUT2D eigenvalue weighted by molar-refractivity contribution is 0.478.